The molecule has 9 heteroatoms. The van der Waals surface area contributed by atoms with Gasteiger partial charge in [0.1, 0.15) is 5.69 Å². The number of amides is 1. The van der Waals surface area contributed by atoms with Crippen LogP contribution in [0.25, 0.3) is 0 Å². The highest BCUT2D eigenvalue weighted by Crippen LogP contribution is 2.29. The summed E-state index contributed by atoms with van der Waals surface area (Å²) in [4.78, 5) is 15.3. The molecule has 0 radical (unpaired) electrons. The third-order valence-electron chi connectivity index (χ3n) is 3.38. The van der Waals surface area contributed by atoms with E-state index in [1.165, 1.54) is 19.1 Å². The standard InChI is InChI=1S/C18H12F6N2O/c1-11-14(7-8-15(26-11)18(22,23)24)16(27)25-9-3-5-12-4-2-6-13(10-12)17(19,20)21/h2,4,6-8,10H,9H2,1H3,(H,25,27). The summed E-state index contributed by atoms with van der Waals surface area (Å²) in [6, 6.07) is 6.07. The summed E-state index contributed by atoms with van der Waals surface area (Å²) in [5.41, 5.74) is -1.99. The molecule has 0 saturated heterocycles. The van der Waals surface area contributed by atoms with Gasteiger partial charge in [-0.2, -0.15) is 26.3 Å². The van der Waals surface area contributed by atoms with Gasteiger partial charge in [0.2, 0.25) is 0 Å². The number of benzene rings is 1. The Morgan fingerprint density at radius 3 is 2.37 bits per heavy atom. The summed E-state index contributed by atoms with van der Waals surface area (Å²) < 4.78 is 75.5. The van der Waals surface area contributed by atoms with E-state index in [4.69, 9.17) is 0 Å². The average molecular weight is 386 g/mol. The lowest BCUT2D eigenvalue weighted by Gasteiger charge is -2.09. The van der Waals surface area contributed by atoms with Crippen LogP contribution in [0.15, 0.2) is 36.4 Å². The van der Waals surface area contributed by atoms with Crippen molar-refractivity contribution in [3.8, 4) is 11.8 Å². The second-order valence-corrected chi connectivity index (χ2v) is 5.39. The lowest BCUT2D eigenvalue weighted by molar-refractivity contribution is -0.141. The van der Waals surface area contributed by atoms with Crippen LogP contribution in [0.1, 0.15) is 32.9 Å². The van der Waals surface area contributed by atoms with Crippen LogP contribution < -0.4 is 5.32 Å². The first kappa shape index (κ1) is 20.3. The normalized spacial score (nSPS) is 11.5. The van der Waals surface area contributed by atoms with Crippen molar-refractivity contribution in [2.75, 3.05) is 6.54 Å². The van der Waals surface area contributed by atoms with Crippen LogP contribution in [0.5, 0.6) is 0 Å². The van der Waals surface area contributed by atoms with Gasteiger partial charge in [-0.15, -0.1) is 0 Å². The van der Waals surface area contributed by atoms with Crippen LogP contribution in [0.2, 0.25) is 0 Å². The molecular formula is C18H12F6N2O. The van der Waals surface area contributed by atoms with Crippen LogP contribution in [-0.2, 0) is 12.4 Å². The number of carbonyl (C=O) groups excluding carboxylic acids is 1. The lowest BCUT2D eigenvalue weighted by atomic mass is 10.1. The average Bonchev–Trinajstić information content (AvgIpc) is 2.57. The molecule has 2 rings (SSSR count). The van der Waals surface area contributed by atoms with E-state index in [1.807, 2.05) is 0 Å². The van der Waals surface area contributed by atoms with Crippen molar-refractivity contribution < 1.29 is 31.1 Å². The second-order valence-electron chi connectivity index (χ2n) is 5.39. The zero-order chi connectivity index (χ0) is 20.2. The van der Waals surface area contributed by atoms with Crippen molar-refractivity contribution in [1.82, 2.24) is 10.3 Å². The molecular weight excluding hydrogens is 374 g/mol. The largest absolute Gasteiger partial charge is 0.433 e. The van der Waals surface area contributed by atoms with Gasteiger partial charge in [0.15, 0.2) is 0 Å². The molecule has 27 heavy (non-hydrogen) atoms. The predicted octanol–water partition coefficient (Wildman–Crippen LogP) is 4.21. The third-order valence-corrected chi connectivity index (χ3v) is 3.38. The SMILES string of the molecule is Cc1nc(C(F)(F)F)ccc1C(=O)NCC#Cc1cccc(C(F)(F)F)c1. The molecule has 0 atom stereocenters. The summed E-state index contributed by atoms with van der Waals surface area (Å²) >= 11 is 0. The van der Waals surface area contributed by atoms with Gasteiger partial charge in [-0.3, -0.25) is 4.79 Å². The van der Waals surface area contributed by atoms with Gasteiger partial charge in [-0.1, -0.05) is 17.9 Å². The summed E-state index contributed by atoms with van der Waals surface area (Å²) in [6.45, 7) is 1.06. The van der Waals surface area contributed by atoms with E-state index >= 15 is 0 Å². The molecule has 0 spiro atoms. The van der Waals surface area contributed by atoms with Crippen LogP contribution in [0.3, 0.4) is 0 Å². The molecule has 0 saturated carbocycles. The number of rotatable bonds is 2. The van der Waals surface area contributed by atoms with Crippen LogP contribution in [0, 0.1) is 18.8 Å². The Balaban J connectivity index is 2.03. The van der Waals surface area contributed by atoms with E-state index in [0.29, 0.717) is 6.07 Å². The fraction of sp³-hybridized carbons (Fsp3) is 0.222. The Morgan fingerprint density at radius 1 is 1.07 bits per heavy atom. The molecule has 0 unspecified atom stereocenters. The van der Waals surface area contributed by atoms with Crippen molar-refractivity contribution in [1.29, 1.82) is 0 Å². The summed E-state index contributed by atoms with van der Waals surface area (Å²) in [7, 11) is 0. The number of nitrogens with zero attached hydrogens (tertiary/aromatic N) is 1. The minimum atomic E-state index is -4.61. The van der Waals surface area contributed by atoms with E-state index < -0.39 is 29.5 Å². The fourth-order valence-corrected chi connectivity index (χ4v) is 2.10. The van der Waals surface area contributed by atoms with Crippen molar-refractivity contribution in [2.24, 2.45) is 0 Å². The number of pyridine rings is 1. The lowest BCUT2D eigenvalue weighted by Crippen LogP contribution is -2.25. The van der Waals surface area contributed by atoms with Gasteiger partial charge in [0.05, 0.1) is 23.4 Å². The van der Waals surface area contributed by atoms with Gasteiger partial charge in [-0.25, -0.2) is 4.98 Å². The first-order chi connectivity index (χ1) is 12.5. The van der Waals surface area contributed by atoms with E-state index in [-0.39, 0.29) is 23.4 Å². The molecule has 0 aliphatic rings. The molecule has 142 valence electrons. The van der Waals surface area contributed by atoms with E-state index in [0.717, 1.165) is 18.2 Å². The first-order valence-electron chi connectivity index (χ1n) is 7.47. The molecule has 0 fully saturated rings. The second kappa shape index (κ2) is 7.70. The maximum atomic E-state index is 12.6. The number of carbonyl (C=O) groups is 1. The maximum absolute atomic E-state index is 12.6. The number of halogens is 6. The van der Waals surface area contributed by atoms with Gasteiger partial charge < -0.3 is 5.32 Å². The van der Waals surface area contributed by atoms with Crippen molar-refractivity contribution in [3.63, 3.8) is 0 Å². The monoisotopic (exact) mass is 386 g/mol. The molecule has 0 bridgehead atoms. The summed E-state index contributed by atoms with van der Waals surface area (Å²) in [6.07, 6.45) is -9.10. The molecule has 1 amide bonds. The van der Waals surface area contributed by atoms with Gasteiger partial charge >= 0.3 is 12.4 Å². The van der Waals surface area contributed by atoms with Gasteiger partial charge in [-0.05, 0) is 37.3 Å². The Bertz CT molecular complexity index is 907. The first-order valence-corrected chi connectivity index (χ1v) is 7.47. The molecule has 0 aliphatic carbocycles. The van der Waals surface area contributed by atoms with Crippen LogP contribution in [-0.4, -0.2) is 17.4 Å². The Morgan fingerprint density at radius 2 is 1.78 bits per heavy atom. The van der Waals surface area contributed by atoms with Gasteiger partial charge in [0, 0.05) is 5.56 Å². The van der Waals surface area contributed by atoms with E-state index in [9.17, 15) is 31.1 Å². The summed E-state index contributed by atoms with van der Waals surface area (Å²) in [5.74, 6) is 4.28. The van der Waals surface area contributed by atoms with Crippen molar-refractivity contribution in [2.45, 2.75) is 19.3 Å². The smallest absolute Gasteiger partial charge is 0.341 e. The molecule has 0 aliphatic heterocycles. The fourth-order valence-electron chi connectivity index (χ4n) is 2.10. The van der Waals surface area contributed by atoms with E-state index in [1.54, 1.807) is 0 Å². The molecule has 1 aromatic carbocycles. The Hall–Kier alpha value is -3.02. The number of nitrogens with one attached hydrogen (secondary N) is 1. The third kappa shape index (κ3) is 5.48. The molecule has 2 aromatic rings. The zero-order valence-corrected chi connectivity index (χ0v) is 13.8. The van der Waals surface area contributed by atoms with Crippen LogP contribution >= 0.6 is 0 Å². The number of hydrogen-bond donors (Lipinski definition) is 1. The predicted molar refractivity (Wildman–Crippen MR) is 84.6 cm³/mol. The number of alkyl halides is 6. The van der Waals surface area contributed by atoms with Gasteiger partial charge in [0.25, 0.3) is 5.91 Å². The Kier molecular flexibility index (Phi) is 5.78. The highest BCUT2D eigenvalue weighted by atomic mass is 19.4. The highest BCUT2D eigenvalue weighted by Gasteiger charge is 2.33. The van der Waals surface area contributed by atoms with Crippen molar-refractivity contribution in [3.05, 3.63) is 64.5 Å². The Labute approximate surface area is 150 Å². The molecule has 3 nitrogen and oxygen atoms in total. The van der Waals surface area contributed by atoms with Crippen LogP contribution in [0.4, 0.5) is 26.3 Å². The van der Waals surface area contributed by atoms with Crippen molar-refractivity contribution >= 4 is 5.91 Å². The highest BCUT2D eigenvalue weighted by molar-refractivity contribution is 5.95. The number of aromatic nitrogens is 1. The zero-order valence-electron chi connectivity index (χ0n) is 13.8. The summed E-state index contributed by atoms with van der Waals surface area (Å²) in [5, 5.41) is 2.36. The minimum Gasteiger partial charge on any atom is -0.341 e. The quantitative estimate of drug-likeness (QED) is 0.621. The number of hydrogen-bond acceptors (Lipinski definition) is 2. The molecule has 1 aromatic heterocycles. The maximum Gasteiger partial charge on any atom is 0.433 e. The van der Waals surface area contributed by atoms with E-state index in [2.05, 4.69) is 22.1 Å². The number of aryl methyl sites for hydroxylation is 1. The molecule has 1 heterocycles. The minimum absolute atomic E-state index is 0.0520. The topological polar surface area (TPSA) is 42.0 Å². The molecule has 1 N–H and O–H groups in total.